The number of hydrogen-bond acceptors (Lipinski definition) is 6. The average molecular weight is 413 g/mol. The van der Waals surface area contributed by atoms with Crippen LogP contribution in [0.5, 0.6) is 5.75 Å². The molecule has 3 N–H and O–H groups in total. The lowest BCUT2D eigenvalue weighted by Gasteiger charge is -2.33. The van der Waals surface area contributed by atoms with Crippen molar-refractivity contribution in [2.45, 2.75) is 24.3 Å². The molecule has 0 aliphatic carbocycles. The van der Waals surface area contributed by atoms with Gasteiger partial charge in [0.2, 0.25) is 10.0 Å². The quantitative estimate of drug-likeness (QED) is 0.636. The summed E-state index contributed by atoms with van der Waals surface area (Å²) in [6.45, 7) is 3.78. The molecule has 0 spiro atoms. The van der Waals surface area contributed by atoms with Crippen LogP contribution in [0.1, 0.15) is 29.9 Å². The highest BCUT2D eigenvalue weighted by Gasteiger charge is 2.39. The number of rotatable bonds is 3. The van der Waals surface area contributed by atoms with Crippen LogP contribution < -0.4 is 9.88 Å². The van der Waals surface area contributed by atoms with E-state index in [1.54, 1.807) is 30.6 Å². The van der Waals surface area contributed by atoms with Crippen molar-refractivity contribution in [3.8, 4) is 28.1 Å². The zero-order chi connectivity index (χ0) is 21.0. The number of benzene rings is 1. The van der Waals surface area contributed by atoms with E-state index >= 15 is 0 Å². The minimum atomic E-state index is -3.83. The summed E-state index contributed by atoms with van der Waals surface area (Å²) in [4.78, 5) is 19.8. The lowest BCUT2D eigenvalue weighted by atomic mass is 9.86. The highest BCUT2D eigenvalue weighted by molar-refractivity contribution is 7.89. The van der Waals surface area contributed by atoms with E-state index in [1.807, 2.05) is 13.8 Å². The van der Waals surface area contributed by atoms with Gasteiger partial charge in [-0.1, -0.05) is 12.1 Å². The van der Waals surface area contributed by atoms with Crippen LogP contribution in [0.2, 0.25) is 0 Å². The third kappa shape index (κ3) is 3.08. The van der Waals surface area contributed by atoms with Gasteiger partial charge in [0.05, 0.1) is 23.9 Å². The van der Waals surface area contributed by atoms with E-state index < -0.39 is 21.6 Å². The number of sulfonamides is 1. The van der Waals surface area contributed by atoms with Crippen LogP contribution in [0.3, 0.4) is 0 Å². The Bertz CT molecular complexity index is 1230. The van der Waals surface area contributed by atoms with Crippen molar-refractivity contribution in [1.29, 1.82) is 0 Å². The predicted molar refractivity (Wildman–Crippen MR) is 106 cm³/mol. The molecule has 1 aromatic carbocycles. The van der Waals surface area contributed by atoms with E-state index in [1.165, 1.54) is 19.2 Å². The molecule has 0 unspecified atom stereocenters. The molecule has 0 bridgehead atoms. The summed E-state index contributed by atoms with van der Waals surface area (Å²) in [7, 11) is -2.53. The first kappa shape index (κ1) is 19.2. The van der Waals surface area contributed by atoms with Gasteiger partial charge in [-0.05, 0) is 37.6 Å². The molecule has 0 saturated heterocycles. The minimum Gasteiger partial charge on any atom is -0.481 e. The van der Waals surface area contributed by atoms with Crippen molar-refractivity contribution in [2.75, 3.05) is 7.11 Å². The molecule has 29 heavy (non-hydrogen) atoms. The first-order valence-corrected chi connectivity index (χ1v) is 10.3. The van der Waals surface area contributed by atoms with Gasteiger partial charge in [0, 0.05) is 22.9 Å². The number of methoxy groups -OCH3 is 1. The molecule has 150 valence electrons. The van der Waals surface area contributed by atoms with Gasteiger partial charge in [0.25, 0.3) is 0 Å². The standard InChI is InChI=1S/C20H19N3O5S/c1-20(2)16-15(11-4-6-12(7-5-11)29(21,25)26)18(19(24)27-3)23-17(16)13-8-9-22-10-14(13)28-20/h4-10,23H,1-3H3,(H2,21,25,26). The number of primary sulfonamides is 1. The van der Waals surface area contributed by atoms with Crippen molar-refractivity contribution in [2.24, 2.45) is 5.14 Å². The lowest BCUT2D eigenvalue weighted by Crippen LogP contribution is -2.29. The third-order valence-electron chi connectivity index (χ3n) is 4.88. The van der Waals surface area contributed by atoms with Gasteiger partial charge >= 0.3 is 5.97 Å². The molecule has 1 aliphatic heterocycles. The number of aromatic amines is 1. The number of fused-ring (bicyclic) bond motifs is 3. The second kappa shape index (κ2) is 6.43. The normalized spacial score (nSPS) is 14.5. The Hall–Kier alpha value is -3.17. The van der Waals surface area contributed by atoms with Crippen LogP contribution in [-0.4, -0.2) is 31.5 Å². The number of H-pyrrole nitrogens is 1. The lowest BCUT2D eigenvalue weighted by molar-refractivity contribution is 0.0595. The topological polar surface area (TPSA) is 124 Å². The summed E-state index contributed by atoms with van der Waals surface area (Å²) in [6, 6.07) is 7.82. The van der Waals surface area contributed by atoms with Crippen LogP contribution in [0.25, 0.3) is 22.4 Å². The zero-order valence-corrected chi connectivity index (χ0v) is 16.8. The first-order valence-electron chi connectivity index (χ1n) is 8.75. The monoisotopic (exact) mass is 413 g/mol. The molecule has 1 aliphatic rings. The molecule has 3 aromatic rings. The van der Waals surface area contributed by atoms with Crippen LogP contribution in [0.4, 0.5) is 0 Å². The number of nitrogens with two attached hydrogens (primary N) is 1. The fourth-order valence-corrected chi connectivity index (χ4v) is 4.17. The number of nitrogens with one attached hydrogen (secondary N) is 1. The van der Waals surface area contributed by atoms with E-state index in [0.29, 0.717) is 16.9 Å². The summed E-state index contributed by atoms with van der Waals surface area (Å²) in [5.41, 5.74) is 2.94. The molecular weight excluding hydrogens is 394 g/mol. The van der Waals surface area contributed by atoms with Crippen LogP contribution >= 0.6 is 0 Å². The molecule has 0 atom stereocenters. The maximum atomic E-state index is 12.6. The van der Waals surface area contributed by atoms with Crippen LogP contribution in [0.15, 0.2) is 47.6 Å². The van der Waals surface area contributed by atoms with Crippen LogP contribution in [0, 0.1) is 0 Å². The molecule has 4 rings (SSSR count). The molecule has 0 radical (unpaired) electrons. The largest absolute Gasteiger partial charge is 0.481 e. The highest BCUT2D eigenvalue weighted by Crippen LogP contribution is 2.49. The van der Waals surface area contributed by atoms with Gasteiger partial charge in [0.1, 0.15) is 17.0 Å². The van der Waals surface area contributed by atoms with Crippen molar-refractivity contribution < 1.29 is 22.7 Å². The molecule has 0 fully saturated rings. The molecule has 2 aromatic heterocycles. The van der Waals surface area contributed by atoms with E-state index in [9.17, 15) is 13.2 Å². The summed E-state index contributed by atoms with van der Waals surface area (Å²) in [6.07, 6.45) is 3.27. The number of ether oxygens (including phenoxy) is 2. The van der Waals surface area contributed by atoms with Crippen molar-refractivity contribution in [1.82, 2.24) is 9.97 Å². The molecule has 0 saturated carbocycles. The number of hydrogen-bond donors (Lipinski definition) is 2. The number of aromatic nitrogens is 2. The third-order valence-corrected chi connectivity index (χ3v) is 5.81. The van der Waals surface area contributed by atoms with E-state index in [0.717, 1.165) is 16.8 Å². The van der Waals surface area contributed by atoms with Crippen molar-refractivity contribution in [3.05, 3.63) is 54.0 Å². The number of pyridine rings is 1. The SMILES string of the molecule is COC(=O)c1[nH]c2c(c1-c1ccc(S(N)(=O)=O)cc1)C(C)(C)Oc1cnccc1-2. The fourth-order valence-electron chi connectivity index (χ4n) is 3.65. The van der Waals surface area contributed by atoms with Crippen molar-refractivity contribution >= 4 is 16.0 Å². The Morgan fingerprint density at radius 1 is 1.21 bits per heavy atom. The van der Waals surface area contributed by atoms with E-state index in [4.69, 9.17) is 14.6 Å². The molecule has 9 heteroatoms. The second-order valence-corrected chi connectivity index (χ2v) is 8.73. The van der Waals surface area contributed by atoms with Gasteiger partial charge < -0.3 is 14.5 Å². The summed E-state index contributed by atoms with van der Waals surface area (Å²) in [5, 5.41) is 5.20. The van der Waals surface area contributed by atoms with Gasteiger partial charge in [-0.15, -0.1) is 0 Å². The second-order valence-electron chi connectivity index (χ2n) is 7.17. The maximum Gasteiger partial charge on any atom is 0.355 e. The van der Waals surface area contributed by atoms with E-state index in [-0.39, 0.29) is 10.6 Å². The smallest absolute Gasteiger partial charge is 0.355 e. The number of carbonyl (C=O) groups is 1. The summed E-state index contributed by atoms with van der Waals surface area (Å²) in [5.74, 6) is 0.0510. The summed E-state index contributed by atoms with van der Waals surface area (Å²) >= 11 is 0. The van der Waals surface area contributed by atoms with Gasteiger partial charge in [-0.3, -0.25) is 4.98 Å². The first-order chi connectivity index (χ1) is 13.6. The number of esters is 1. The fraction of sp³-hybridized carbons (Fsp3) is 0.200. The molecule has 3 heterocycles. The Morgan fingerprint density at radius 3 is 2.52 bits per heavy atom. The van der Waals surface area contributed by atoms with Crippen LogP contribution in [-0.2, 0) is 20.4 Å². The molecule has 0 amide bonds. The highest BCUT2D eigenvalue weighted by atomic mass is 32.2. The summed E-state index contributed by atoms with van der Waals surface area (Å²) < 4.78 is 34.3. The zero-order valence-electron chi connectivity index (χ0n) is 16.0. The van der Waals surface area contributed by atoms with Crippen molar-refractivity contribution in [3.63, 3.8) is 0 Å². The Morgan fingerprint density at radius 2 is 1.90 bits per heavy atom. The van der Waals surface area contributed by atoms with E-state index in [2.05, 4.69) is 9.97 Å². The Balaban J connectivity index is 2.02. The maximum absolute atomic E-state index is 12.6. The minimum absolute atomic E-state index is 0.0165. The van der Waals surface area contributed by atoms with Gasteiger partial charge in [-0.25, -0.2) is 18.4 Å². The predicted octanol–water partition coefficient (Wildman–Crippen LogP) is 2.81. The van der Waals surface area contributed by atoms with Gasteiger partial charge in [-0.2, -0.15) is 0 Å². The van der Waals surface area contributed by atoms with Gasteiger partial charge in [0.15, 0.2) is 0 Å². The molecular formula is C20H19N3O5S. The Labute approximate surface area is 167 Å². The average Bonchev–Trinajstić information content (AvgIpc) is 3.08. The number of nitrogens with zero attached hydrogens (tertiary/aromatic N) is 1. The number of carbonyl (C=O) groups excluding carboxylic acids is 1. The molecule has 8 nitrogen and oxygen atoms in total. The Kier molecular flexibility index (Phi) is 4.25.